The molecule has 128 valence electrons. The molecule has 5 nitrogen and oxygen atoms in total. The molecule has 0 bridgehead atoms. The van der Waals surface area contributed by atoms with Crippen LogP contribution in [0, 0.1) is 0 Å². The van der Waals surface area contributed by atoms with Gasteiger partial charge in [-0.1, -0.05) is 18.6 Å². The molecule has 1 fully saturated rings. The van der Waals surface area contributed by atoms with Gasteiger partial charge in [0.15, 0.2) is 0 Å². The second-order valence-corrected chi connectivity index (χ2v) is 5.71. The minimum absolute atomic E-state index is 0.0541. The molecular weight excluding hydrogens is 296 g/mol. The molecule has 1 aromatic rings. The van der Waals surface area contributed by atoms with Crippen molar-refractivity contribution in [2.24, 2.45) is 0 Å². The van der Waals surface area contributed by atoms with Crippen molar-refractivity contribution in [3.63, 3.8) is 0 Å². The van der Waals surface area contributed by atoms with Crippen LogP contribution in [0.2, 0.25) is 0 Å². The number of carbonyl (C=O) groups is 1. The van der Waals surface area contributed by atoms with Gasteiger partial charge in [-0.05, 0) is 43.9 Å². The van der Waals surface area contributed by atoms with Crippen LogP contribution >= 0.6 is 0 Å². The fourth-order valence-electron chi connectivity index (χ4n) is 3.05. The lowest BCUT2D eigenvalue weighted by molar-refractivity contribution is -0.231. The van der Waals surface area contributed by atoms with E-state index in [1.54, 1.807) is 7.11 Å². The molecule has 3 atom stereocenters. The Kier molecular flexibility index (Phi) is 6.86. The number of hydrogen-bond acceptors (Lipinski definition) is 5. The van der Waals surface area contributed by atoms with E-state index in [2.05, 4.69) is 6.07 Å². The average molecular weight is 322 g/mol. The summed E-state index contributed by atoms with van der Waals surface area (Å²) in [6.45, 7) is 3.15. The van der Waals surface area contributed by atoms with Gasteiger partial charge in [0.1, 0.15) is 11.9 Å². The average Bonchev–Trinajstić information content (AvgIpc) is 2.54. The number of rotatable bonds is 7. The van der Waals surface area contributed by atoms with Crippen LogP contribution in [0.15, 0.2) is 24.3 Å². The highest BCUT2D eigenvalue weighted by Crippen LogP contribution is 2.36. The molecule has 0 aromatic heterocycles. The molecule has 1 aromatic carbocycles. The predicted molar refractivity (Wildman–Crippen MR) is 86.3 cm³/mol. The molecule has 23 heavy (non-hydrogen) atoms. The Labute approximate surface area is 137 Å². The number of methoxy groups -OCH3 is 1. The van der Waals surface area contributed by atoms with Crippen molar-refractivity contribution in [1.29, 1.82) is 0 Å². The quantitative estimate of drug-likeness (QED) is 0.567. The summed E-state index contributed by atoms with van der Waals surface area (Å²) in [6.07, 6.45) is 4.12. The molecule has 0 spiro atoms. The maximum absolute atomic E-state index is 11.3. The van der Waals surface area contributed by atoms with E-state index in [1.165, 1.54) is 6.92 Å². The molecule has 0 amide bonds. The van der Waals surface area contributed by atoms with Crippen LogP contribution in [-0.2, 0) is 19.0 Å². The first kappa shape index (κ1) is 17.8. The zero-order valence-corrected chi connectivity index (χ0v) is 14.1. The fourth-order valence-corrected chi connectivity index (χ4v) is 3.05. The van der Waals surface area contributed by atoms with Gasteiger partial charge in [-0.2, -0.15) is 0 Å². The van der Waals surface area contributed by atoms with Crippen molar-refractivity contribution in [2.45, 2.75) is 58.0 Å². The molecule has 0 heterocycles. The highest BCUT2D eigenvalue weighted by Gasteiger charge is 2.29. The van der Waals surface area contributed by atoms with Crippen LogP contribution in [0.5, 0.6) is 5.75 Å². The zero-order chi connectivity index (χ0) is 16.7. The lowest BCUT2D eigenvalue weighted by Gasteiger charge is -2.31. The van der Waals surface area contributed by atoms with Crippen molar-refractivity contribution in [2.75, 3.05) is 13.7 Å². The highest BCUT2D eigenvalue weighted by atomic mass is 16.8. The maximum atomic E-state index is 11.3. The summed E-state index contributed by atoms with van der Waals surface area (Å²) in [5.74, 6) is 0.685. The number of hydrogen-bond donors (Lipinski definition) is 0. The van der Waals surface area contributed by atoms with Gasteiger partial charge in [0.05, 0.1) is 6.61 Å². The van der Waals surface area contributed by atoms with E-state index in [4.69, 9.17) is 18.9 Å². The lowest BCUT2D eigenvalue weighted by Crippen LogP contribution is -2.28. The van der Waals surface area contributed by atoms with Crippen molar-refractivity contribution in [3.8, 4) is 5.75 Å². The summed E-state index contributed by atoms with van der Waals surface area (Å²) in [4.78, 5) is 11.3. The number of carbonyl (C=O) groups excluding carboxylic acids is 1. The van der Waals surface area contributed by atoms with Gasteiger partial charge in [0, 0.05) is 20.0 Å². The zero-order valence-electron chi connectivity index (χ0n) is 14.1. The first-order valence-corrected chi connectivity index (χ1v) is 8.22. The molecular formula is C18H26O5. The fraction of sp³-hybridized carbons (Fsp3) is 0.611. The maximum Gasteiger partial charge on any atom is 0.315 e. The van der Waals surface area contributed by atoms with Crippen LogP contribution in [0.25, 0.3) is 0 Å². The molecule has 0 aliphatic heterocycles. The van der Waals surface area contributed by atoms with Crippen LogP contribution in [0.3, 0.4) is 0 Å². The second kappa shape index (κ2) is 8.89. The normalized spacial score (nSPS) is 22.4. The Morgan fingerprint density at radius 2 is 2.09 bits per heavy atom. The molecule has 0 N–H and O–H groups in total. The summed E-state index contributed by atoms with van der Waals surface area (Å²) < 4.78 is 21.7. The molecule has 0 saturated heterocycles. The Morgan fingerprint density at radius 3 is 2.78 bits per heavy atom. The van der Waals surface area contributed by atoms with Gasteiger partial charge in [-0.25, -0.2) is 0 Å². The number of ether oxygens (including phenoxy) is 4. The topological polar surface area (TPSA) is 54.0 Å². The summed E-state index contributed by atoms with van der Waals surface area (Å²) in [5.41, 5.74) is 1.12. The molecule has 1 unspecified atom stereocenters. The van der Waals surface area contributed by atoms with E-state index in [9.17, 15) is 4.79 Å². The SMILES string of the molecule is CCOC(OC)Oc1cccc([C@@H]2CCCC[C@H]2OC(C)=O)c1. The van der Waals surface area contributed by atoms with Gasteiger partial charge in [-0.3, -0.25) is 4.79 Å². The highest BCUT2D eigenvalue weighted by molar-refractivity contribution is 5.66. The molecule has 2 rings (SSSR count). The molecule has 1 aliphatic carbocycles. The van der Waals surface area contributed by atoms with Crippen molar-refractivity contribution >= 4 is 5.97 Å². The third kappa shape index (κ3) is 5.22. The summed E-state index contributed by atoms with van der Waals surface area (Å²) in [6, 6.07) is 7.86. The molecule has 0 radical (unpaired) electrons. The van der Waals surface area contributed by atoms with E-state index in [-0.39, 0.29) is 18.0 Å². The van der Waals surface area contributed by atoms with Crippen molar-refractivity contribution in [1.82, 2.24) is 0 Å². The summed E-state index contributed by atoms with van der Waals surface area (Å²) in [7, 11) is 1.54. The third-order valence-corrected chi connectivity index (χ3v) is 4.03. The Bertz CT molecular complexity index is 502. The van der Waals surface area contributed by atoms with Gasteiger partial charge in [0.2, 0.25) is 0 Å². The molecule has 1 saturated carbocycles. The van der Waals surface area contributed by atoms with Gasteiger partial charge >= 0.3 is 12.4 Å². The molecule has 1 aliphatic rings. The third-order valence-electron chi connectivity index (χ3n) is 4.03. The number of esters is 1. The molecule has 5 heteroatoms. The van der Waals surface area contributed by atoms with Crippen LogP contribution < -0.4 is 4.74 Å². The first-order valence-electron chi connectivity index (χ1n) is 8.22. The second-order valence-electron chi connectivity index (χ2n) is 5.71. The van der Waals surface area contributed by atoms with Crippen molar-refractivity contribution < 1.29 is 23.7 Å². The van der Waals surface area contributed by atoms with Gasteiger partial charge in [0.25, 0.3) is 0 Å². The minimum atomic E-state index is -0.717. The minimum Gasteiger partial charge on any atom is -0.462 e. The van der Waals surface area contributed by atoms with Crippen molar-refractivity contribution in [3.05, 3.63) is 29.8 Å². The Morgan fingerprint density at radius 1 is 1.30 bits per heavy atom. The largest absolute Gasteiger partial charge is 0.462 e. The van der Waals surface area contributed by atoms with Crippen LogP contribution in [0.1, 0.15) is 51.0 Å². The standard InChI is InChI=1S/C18H26O5/c1-4-21-18(20-3)23-15-9-7-8-14(12-15)16-10-5-6-11-17(16)22-13(2)19/h7-9,12,16-18H,4-6,10-11H2,1-3H3/t16-,17+,18?/m0/s1. The Hall–Kier alpha value is -1.59. The summed E-state index contributed by atoms with van der Waals surface area (Å²) in [5, 5.41) is 0. The monoisotopic (exact) mass is 322 g/mol. The van der Waals surface area contributed by atoms with E-state index in [1.807, 2.05) is 25.1 Å². The predicted octanol–water partition coefficient (Wildman–Crippen LogP) is 3.62. The van der Waals surface area contributed by atoms with Gasteiger partial charge in [-0.15, -0.1) is 0 Å². The van der Waals surface area contributed by atoms with E-state index >= 15 is 0 Å². The van der Waals surface area contributed by atoms with E-state index < -0.39 is 6.48 Å². The van der Waals surface area contributed by atoms with Gasteiger partial charge < -0.3 is 18.9 Å². The van der Waals surface area contributed by atoms with Crippen LogP contribution in [0.4, 0.5) is 0 Å². The number of benzene rings is 1. The Balaban J connectivity index is 2.11. The summed E-state index contributed by atoms with van der Waals surface area (Å²) >= 11 is 0. The lowest BCUT2D eigenvalue weighted by atomic mass is 9.81. The smallest absolute Gasteiger partial charge is 0.315 e. The van der Waals surface area contributed by atoms with E-state index in [0.29, 0.717) is 12.4 Å². The first-order chi connectivity index (χ1) is 11.1. The van der Waals surface area contributed by atoms with E-state index in [0.717, 1.165) is 31.2 Å². The van der Waals surface area contributed by atoms with Crippen LogP contribution in [-0.4, -0.2) is 32.3 Å².